The summed E-state index contributed by atoms with van der Waals surface area (Å²) in [7, 11) is 3.33. The van der Waals surface area contributed by atoms with Gasteiger partial charge in [-0.2, -0.15) is 13.2 Å². The number of benzene rings is 1. The maximum absolute atomic E-state index is 13.2. The molecule has 1 aliphatic heterocycles. The molecule has 0 N–H and O–H groups in total. The summed E-state index contributed by atoms with van der Waals surface area (Å²) in [5, 5.41) is 0. The normalized spacial score (nSPS) is 15.9. The summed E-state index contributed by atoms with van der Waals surface area (Å²) >= 11 is 0. The number of imidazole rings is 1. The summed E-state index contributed by atoms with van der Waals surface area (Å²) in [6.07, 6.45) is 3.89. The third-order valence-corrected chi connectivity index (χ3v) is 6.58. The van der Waals surface area contributed by atoms with Crippen LogP contribution in [0.4, 0.5) is 24.7 Å². The Morgan fingerprint density at radius 2 is 1.86 bits per heavy atom. The highest BCUT2D eigenvalue weighted by Gasteiger charge is 2.30. The van der Waals surface area contributed by atoms with Crippen molar-refractivity contribution in [3.05, 3.63) is 72.4 Å². The topological polar surface area (TPSA) is 75.9 Å². The molecular formula is C26H25F3N6O2. The number of fused-ring (bicyclic) bond motifs is 1. The first-order valence-electron chi connectivity index (χ1n) is 11.8. The van der Waals surface area contributed by atoms with Crippen molar-refractivity contribution >= 4 is 23.1 Å². The van der Waals surface area contributed by atoms with E-state index < -0.39 is 11.7 Å². The number of carbonyl (C=O) groups excluding carboxylic acids is 1. The number of hydrogen-bond acceptors (Lipinski definition) is 6. The van der Waals surface area contributed by atoms with Gasteiger partial charge in [0.05, 0.1) is 48.2 Å². The number of carbonyl (C=O) groups is 1. The number of rotatable bonds is 6. The number of ether oxygens (including phenoxy) is 1. The number of halogens is 3. The van der Waals surface area contributed by atoms with E-state index in [1.165, 1.54) is 35.6 Å². The predicted molar refractivity (Wildman–Crippen MR) is 133 cm³/mol. The fourth-order valence-electron chi connectivity index (χ4n) is 4.58. The molecule has 0 saturated carbocycles. The molecule has 4 heterocycles. The van der Waals surface area contributed by atoms with Crippen LogP contribution >= 0.6 is 0 Å². The Labute approximate surface area is 211 Å². The molecule has 37 heavy (non-hydrogen) atoms. The minimum Gasteiger partial charge on any atom is -0.383 e. The van der Waals surface area contributed by atoms with Gasteiger partial charge in [0, 0.05) is 32.5 Å². The number of amides is 1. The Kier molecular flexibility index (Phi) is 6.55. The number of alkyl halides is 3. The Balaban J connectivity index is 1.37. The fourth-order valence-corrected chi connectivity index (χ4v) is 4.58. The van der Waals surface area contributed by atoms with Crippen molar-refractivity contribution < 1.29 is 22.7 Å². The fraction of sp³-hybridized carbons (Fsp3) is 0.308. The molecule has 1 aromatic carbocycles. The van der Waals surface area contributed by atoms with Crippen molar-refractivity contribution in [1.82, 2.24) is 19.4 Å². The van der Waals surface area contributed by atoms with Gasteiger partial charge in [-0.15, -0.1) is 0 Å². The molecule has 0 spiro atoms. The molecule has 0 bridgehead atoms. The van der Waals surface area contributed by atoms with Gasteiger partial charge >= 0.3 is 6.18 Å². The molecule has 1 fully saturated rings. The first-order valence-corrected chi connectivity index (χ1v) is 11.8. The first kappa shape index (κ1) is 24.7. The van der Waals surface area contributed by atoms with Crippen molar-refractivity contribution in [3.8, 4) is 11.3 Å². The molecule has 1 unspecified atom stereocenters. The van der Waals surface area contributed by atoms with Gasteiger partial charge in [0.15, 0.2) is 5.65 Å². The summed E-state index contributed by atoms with van der Waals surface area (Å²) in [6.45, 7) is 1.55. The third-order valence-electron chi connectivity index (χ3n) is 6.58. The summed E-state index contributed by atoms with van der Waals surface area (Å²) < 4.78 is 45.8. The largest absolute Gasteiger partial charge is 0.416 e. The molecule has 0 aliphatic carbocycles. The molecule has 1 aliphatic rings. The van der Waals surface area contributed by atoms with Crippen molar-refractivity contribution in [2.45, 2.75) is 25.1 Å². The van der Waals surface area contributed by atoms with Gasteiger partial charge in [-0.1, -0.05) is 12.1 Å². The van der Waals surface area contributed by atoms with Crippen molar-refractivity contribution in [3.63, 3.8) is 0 Å². The van der Waals surface area contributed by atoms with E-state index in [4.69, 9.17) is 4.74 Å². The van der Waals surface area contributed by atoms with Gasteiger partial charge in [0.25, 0.3) is 5.91 Å². The zero-order valence-corrected chi connectivity index (χ0v) is 20.3. The van der Waals surface area contributed by atoms with E-state index in [2.05, 4.69) is 19.9 Å². The summed E-state index contributed by atoms with van der Waals surface area (Å²) in [5.74, 6) is 0.477. The van der Waals surface area contributed by atoms with Crippen LogP contribution in [-0.4, -0.2) is 58.6 Å². The van der Waals surface area contributed by atoms with Gasteiger partial charge in [0.1, 0.15) is 11.5 Å². The highest BCUT2D eigenvalue weighted by molar-refractivity contribution is 6.04. The van der Waals surface area contributed by atoms with Gasteiger partial charge in [0.2, 0.25) is 0 Å². The molecule has 8 nitrogen and oxygen atoms in total. The number of anilines is 2. The number of nitrogens with zero attached hydrogens (tertiary/aromatic N) is 6. The Hall–Kier alpha value is -3.99. The molecule has 11 heteroatoms. The molecule has 5 rings (SSSR count). The van der Waals surface area contributed by atoms with Crippen LogP contribution < -0.4 is 9.80 Å². The molecule has 1 atom stereocenters. The van der Waals surface area contributed by atoms with Crippen LogP contribution in [0.5, 0.6) is 0 Å². The standard InChI is InChI=1S/C26H25F3N6O2/c1-33(19-9-10-23(31-12-19)34-11-3-4-20(34)16-37-2)25(36)21-15-35-22(13-32-24(35)14-30-21)17-5-7-18(8-6-17)26(27,28)29/h5-10,12-15,20H,3-4,11,16H2,1-2H3. The molecule has 4 aromatic rings. The van der Waals surface area contributed by atoms with E-state index in [9.17, 15) is 18.0 Å². The van der Waals surface area contributed by atoms with E-state index in [1.807, 2.05) is 12.1 Å². The number of hydrogen-bond donors (Lipinski definition) is 0. The minimum absolute atomic E-state index is 0.157. The lowest BCUT2D eigenvalue weighted by molar-refractivity contribution is -0.137. The molecular weight excluding hydrogens is 485 g/mol. The lowest BCUT2D eigenvalue weighted by Gasteiger charge is -2.25. The van der Waals surface area contributed by atoms with E-state index in [0.29, 0.717) is 29.2 Å². The van der Waals surface area contributed by atoms with Crippen molar-refractivity contribution in [2.24, 2.45) is 0 Å². The van der Waals surface area contributed by atoms with Gasteiger partial charge in [-0.3, -0.25) is 9.20 Å². The van der Waals surface area contributed by atoms with Crippen LogP contribution in [0, 0.1) is 0 Å². The zero-order chi connectivity index (χ0) is 26.2. The van der Waals surface area contributed by atoms with Crippen molar-refractivity contribution in [2.75, 3.05) is 37.1 Å². The Morgan fingerprint density at radius 3 is 2.54 bits per heavy atom. The van der Waals surface area contributed by atoms with Gasteiger partial charge < -0.3 is 14.5 Å². The SMILES string of the molecule is COCC1CCCN1c1ccc(N(C)C(=O)c2cn3c(-c4ccc(C(F)(F)F)cc4)cnc3cn2)cn1. The molecule has 0 radical (unpaired) electrons. The Bertz CT molecular complexity index is 1400. The molecule has 3 aromatic heterocycles. The smallest absolute Gasteiger partial charge is 0.383 e. The second-order valence-corrected chi connectivity index (χ2v) is 8.90. The monoisotopic (exact) mass is 510 g/mol. The highest BCUT2D eigenvalue weighted by atomic mass is 19.4. The van der Waals surface area contributed by atoms with Crippen LogP contribution in [0.2, 0.25) is 0 Å². The summed E-state index contributed by atoms with van der Waals surface area (Å²) in [5.41, 5.74) is 1.58. The zero-order valence-electron chi connectivity index (χ0n) is 20.3. The van der Waals surface area contributed by atoms with Crippen LogP contribution in [0.15, 0.2) is 61.2 Å². The van der Waals surface area contributed by atoms with Crippen LogP contribution in [-0.2, 0) is 10.9 Å². The molecule has 1 amide bonds. The lowest BCUT2D eigenvalue weighted by Crippen LogP contribution is -2.33. The minimum atomic E-state index is -4.42. The van der Waals surface area contributed by atoms with E-state index in [1.54, 1.807) is 24.8 Å². The van der Waals surface area contributed by atoms with Gasteiger partial charge in [-0.25, -0.2) is 15.0 Å². The number of aromatic nitrogens is 4. The van der Waals surface area contributed by atoms with E-state index >= 15 is 0 Å². The molecule has 1 saturated heterocycles. The third kappa shape index (κ3) is 4.86. The van der Waals surface area contributed by atoms with Crippen LogP contribution in [0.1, 0.15) is 28.9 Å². The highest BCUT2D eigenvalue weighted by Crippen LogP contribution is 2.31. The second kappa shape index (κ2) is 9.81. The quantitative estimate of drug-likeness (QED) is 0.374. The van der Waals surface area contributed by atoms with Crippen LogP contribution in [0.3, 0.4) is 0 Å². The van der Waals surface area contributed by atoms with Crippen LogP contribution in [0.25, 0.3) is 16.9 Å². The maximum Gasteiger partial charge on any atom is 0.416 e. The predicted octanol–water partition coefficient (Wildman–Crippen LogP) is 4.70. The number of methoxy groups -OCH3 is 1. The Morgan fingerprint density at radius 1 is 1.08 bits per heavy atom. The molecule has 192 valence electrons. The average Bonchev–Trinajstić information content (AvgIpc) is 3.54. The second-order valence-electron chi connectivity index (χ2n) is 8.90. The average molecular weight is 511 g/mol. The summed E-state index contributed by atoms with van der Waals surface area (Å²) in [4.78, 5) is 30.0. The number of pyridine rings is 1. The van der Waals surface area contributed by atoms with Gasteiger partial charge in [-0.05, 0) is 37.1 Å². The van der Waals surface area contributed by atoms with Crippen molar-refractivity contribution in [1.29, 1.82) is 0 Å². The first-order chi connectivity index (χ1) is 17.8. The summed E-state index contributed by atoms with van der Waals surface area (Å²) in [6, 6.07) is 8.82. The van der Waals surface area contributed by atoms with E-state index in [-0.39, 0.29) is 17.6 Å². The lowest BCUT2D eigenvalue weighted by atomic mass is 10.1. The van der Waals surface area contributed by atoms with E-state index in [0.717, 1.165) is 37.3 Å². The maximum atomic E-state index is 13.2.